The summed E-state index contributed by atoms with van der Waals surface area (Å²) in [6, 6.07) is 27.2. The quantitative estimate of drug-likeness (QED) is 0.294. The minimum absolute atomic E-state index is 0.240. The van der Waals surface area contributed by atoms with Crippen LogP contribution in [-0.4, -0.2) is 20.3 Å². The first-order chi connectivity index (χ1) is 18.0. The number of ether oxygens (including phenoxy) is 1. The molecule has 0 aliphatic rings. The Balaban J connectivity index is 1.49. The molecule has 0 bridgehead atoms. The molecule has 0 aliphatic carbocycles. The normalized spacial score (nSPS) is 11.9. The molecule has 5 aromatic rings. The van der Waals surface area contributed by atoms with Crippen LogP contribution in [0.25, 0.3) is 16.7 Å². The monoisotopic (exact) mass is 492 g/mol. The van der Waals surface area contributed by atoms with Crippen LogP contribution in [0.3, 0.4) is 0 Å². The lowest BCUT2D eigenvalue weighted by Crippen LogP contribution is -2.34. The Hall–Kier alpha value is -4.65. The zero-order valence-electron chi connectivity index (χ0n) is 21.0. The van der Waals surface area contributed by atoms with Crippen LogP contribution in [0.4, 0.5) is 5.69 Å². The van der Waals surface area contributed by atoms with Crippen molar-refractivity contribution in [1.29, 1.82) is 0 Å². The molecular formula is C30H28N4O3. The zero-order valence-corrected chi connectivity index (χ0v) is 21.0. The van der Waals surface area contributed by atoms with Crippen LogP contribution in [0, 0.1) is 13.8 Å². The van der Waals surface area contributed by atoms with Crippen molar-refractivity contribution in [3.05, 3.63) is 113 Å². The Morgan fingerprint density at radius 3 is 2.19 bits per heavy atom. The van der Waals surface area contributed by atoms with Gasteiger partial charge >= 0.3 is 0 Å². The minimum Gasteiger partial charge on any atom is -0.457 e. The molecule has 2 heterocycles. The number of hydrogen-bond acceptors (Lipinski definition) is 4. The van der Waals surface area contributed by atoms with Crippen molar-refractivity contribution in [2.75, 3.05) is 5.32 Å². The Morgan fingerprint density at radius 2 is 1.54 bits per heavy atom. The van der Waals surface area contributed by atoms with Crippen molar-refractivity contribution < 1.29 is 9.53 Å². The molecule has 0 fully saturated rings. The van der Waals surface area contributed by atoms with Crippen LogP contribution in [0.15, 0.2) is 95.8 Å². The summed E-state index contributed by atoms with van der Waals surface area (Å²) in [6.07, 6.45) is 0.429. The number of carbonyl (C=O) groups is 1. The van der Waals surface area contributed by atoms with Crippen molar-refractivity contribution >= 4 is 22.6 Å². The van der Waals surface area contributed by atoms with Crippen LogP contribution in [0.5, 0.6) is 11.5 Å². The van der Waals surface area contributed by atoms with Crippen LogP contribution in [-0.2, 0) is 4.79 Å². The second-order valence-electron chi connectivity index (χ2n) is 8.92. The fraction of sp³-hybridized carbons (Fsp3) is 0.167. The lowest BCUT2D eigenvalue weighted by atomic mass is 10.1. The van der Waals surface area contributed by atoms with Crippen LogP contribution < -0.4 is 15.6 Å². The molecule has 0 saturated carbocycles. The first-order valence-electron chi connectivity index (χ1n) is 12.3. The Morgan fingerprint density at radius 1 is 0.919 bits per heavy atom. The number of aryl methyl sites for hydroxylation is 2. The molecule has 2 aromatic heterocycles. The molecule has 37 heavy (non-hydrogen) atoms. The highest BCUT2D eigenvalue weighted by Crippen LogP contribution is 2.28. The van der Waals surface area contributed by atoms with E-state index in [1.807, 2.05) is 81.4 Å². The third kappa shape index (κ3) is 4.76. The second-order valence-corrected chi connectivity index (χ2v) is 8.92. The summed E-state index contributed by atoms with van der Waals surface area (Å²) in [7, 11) is 0. The van der Waals surface area contributed by atoms with Gasteiger partial charge in [0.25, 0.3) is 5.56 Å². The predicted octanol–water partition coefficient (Wildman–Crippen LogP) is 6.19. The van der Waals surface area contributed by atoms with Gasteiger partial charge in [-0.25, -0.2) is 4.68 Å². The number of anilines is 1. The number of pyridine rings is 1. The summed E-state index contributed by atoms with van der Waals surface area (Å²) in [5.74, 6) is 1.12. The standard InChI is InChI=1S/C30H28N4O3/c1-4-26(29(36)31-22-15-17-25(18-16-22)37-24-13-9-6-10-14-24)33-27(35)19-20(2)28-21(3)32-34(30(28)33)23-11-7-5-8-12-23/h5-19,26H,4H2,1-3H3,(H,31,36). The molecule has 1 atom stereocenters. The number of nitrogens with one attached hydrogen (secondary N) is 1. The van der Waals surface area contributed by atoms with E-state index in [0.717, 1.165) is 28.1 Å². The maximum Gasteiger partial charge on any atom is 0.253 e. The molecule has 1 unspecified atom stereocenters. The summed E-state index contributed by atoms with van der Waals surface area (Å²) in [4.78, 5) is 26.9. The lowest BCUT2D eigenvalue weighted by Gasteiger charge is -2.21. The van der Waals surface area contributed by atoms with Gasteiger partial charge in [0.05, 0.1) is 11.4 Å². The first kappa shape index (κ1) is 24.1. The van der Waals surface area contributed by atoms with Gasteiger partial charge in [-0.3, -0.25) is 14.2 Å². The Kier molecular flexibility index (Phi) is 6.60. The molecular weight excluding hydrogens is 464 g/mol. The lowest BCUT2D eigenvalue weighted by molar-refractivity contribution is -0.119. The number of fused-ring (bicyclic) bond motifs is 1. The van der Waals surface area contributed by atoms with Gasteiger partial charge in [-0.15, -0.1) is 0 Å². The SMILES string of the molecule is CCC(C(=O)Nc1ccc(Oc2ccccc2)cc1)n1c(=O)cc(C)c2c(C)nn(-c3ccccc3)c21. The van der Waals surface area contributed by atoms with Gasteiger partial charge in [-0.05, 0) is 74.4 Å². The van der Waals surface area contributed by atoms with Crippen LogP contribution in [0.1, 0.15) is 30.6 Å². The highest BCUT2D eigenvalue weighted by atomic mass is 16.5. The van der Waals surface area contributed by atoms with Crippen LogP contribution in [0.2, 0.25) is 0 Å². The maximum absolute atomic E-state index is 13.5. The predicted molar refractivity (Wildman–Crippen MR) is 146 cm³/mol. The molecule has 0 spiro atoms. The third-order valence-corrected chi connectivity index (χ3v) is 6.34. The number of amides is 1. The number of para-hydroxylation sites is 2. The van der Waals surface area contributed by atoms with Crippen molar-refractivity contribution in [3.63, 3.8) is 0 Å². The van der Waals surface area contributed by atoms with Gasteiger partial charge in [0, 0.05) is 17.1 Å². The first-order valence-corrected chi connectivity index (χ1v) is 12.3. The van der Waals surface area contributed by atoms with E-state index in [0.29, 0.717) is 23.5 Å². The van der Waals surface area contributed by atoms with Crippen molar-refractivity contribution in [3.8, 4) is 17.2 Å². The molecule has 7 heteroatoms. The van der Waals surface area contributed by atoms with E-state index in [1.165, 1.54) is 0 Å². The maximum atomic E-state index is 13.5. The molecule has 186 valence electrons. The smallest absolute Gasteiger partial charge is 0.253 e. The average Bonchev–Trinajstić information content (AvgIpc) is 3.26. The fourth-order valence-corrected chi connectivity index (χ4v) is 4.62. The number of nitrogens with zero attached hydrogens (tertiary/aromatic N) is 3. The Bertz CT molecular complexity index is 1600. The largest absolute Gasteiger partial charge is 0.457 e. The summed E-state index contributed by atoms with van der Waals surface area (Å²) in [5, 5.41) is 8.58. The molecule has 1 amide bonds. The van der Waals surface area contributed by atoms with E-state index in [4.69, 9.17) is 9.84 Å². The van der Waals surface area contributed by atoms with Crippen molar-refractivity contribution in [2.24, 2.45) is 0 Å². The molecule has 0 aliphatic heterocycles. The van der Waals surface area contributed by atoms with Gasteiger partial charge in [0.15, 0.2) is 0 Å². The number of carbonyl (C=O) groups excluding carboxylic acids is 1. The van der Waals surface area contributed by atoms with Crippen LogP contribution >= 0.6 is 0 Å². The average molecular weight is 493 g/mol. The summed E-state index contributed by atoms with van der Waals surface area (Å²) < 4.78 is 9.16. The van der Waals surface area contributed by atoms with Gasteiger partial charge in [-0.2, -0.15) is 5.10 Å². The number of hydrogen-bond donors (Lipinski definition) is 1. The summed E-state index contributed by atoms with van der Waals surface area (Å²) in [6.45, 7) is 5.72. The van der Waals surface area contributed by atoms with E-state index >= 15 is 0 Å². The van der Waals surface area contributed by atoms with E-state index in [9.17, 15) is 9.59 Å². The van der Waals surface area contributed by atoms with Gasteiger partial charge in [0.2, 0.25) is 5.91 Å². The molecule has 1 N–H and O–H groups in total. The number of rotatable bonds is 7. The van der Waals surface area contributed by atoms with Crippen molar-refractivity contribution in [2.45, 2.75) is 33.2 Å². The van der Waals surface area contributed by atoms with Gasteiger partial charge in [-0.1, -0.05) is 43.3 Å². The van der Waals surface area contributed by atoms with Gasteiger partial charge < -0.3 is 10.1 Å². The van der Waals surface area contributed by atoms with E-state index in [1.54, 1.807) is 39.6 Å². The van der Waals surface area contributed by atoms with E-state index in [-0.39, 0.29) is 11.5 Å². The van der Waals surface area contributed by atoms with Gasteiger partial charge in [0.1, 0.15) is 23.2 Å². The van der Waals surface area contributed by atoms with E-state index in [2.05, 4.69) is 5.32 Å². The molecule has 3 aromatic carbocycles. The molecule has 5 rings (SSSR count). The Labute approximate surface area is 214 Å². The minimum atomic E-state index is -0.727. The number of aromatic nitrogens is 3. The second kappa shape index (κ2) is 10.1. The highest BCUT2D eigenvalue weighted by molar-refractivity contribution is 5.95. The fourth-order valence-electron chi connectivity index (χ4n) is 4.62. The molecule has 7 nitrogen and oxygen atoms in total. The zero-order chi connectivity index (χ0) is 25.9. The topological polar surface area (TPSA) is 78.2 Å². The summed E-state index contributed by atoms with van der Waals surface area (Å²) >= 11 is 0. The molecule has 0 radical (unpaired) electrons. The van der Waals surface area contributed by atoms with E-state index < -0.39 is 6.04 Å². The highest BCUT2D eigenvalue weighted by Gasteiger charge is 2.26. The third-order valence-electron chi connectivity index (χ3n) is 6.34. The summed E-state index contributed by atoms with van der Waals surface area (Å²) in [5.41, 5.74) is 3.45. The van der Waals surface area contributed by atoms with Crippen molar-refractivity contribution in [1.82, 2.24) is 14.3 Å². The number of benzene rings is 3. The molecule has 0 saturated heterocycles.